The van der Waals surface area contributed by atoms with Crippen LogP contribution in [0.2, 0.25) is 0 Å². The lowest BCUT2D eigenvalue weighted by molar-refractivity contribution is 0.382. The van der Waals surface area contributed by atoms with E-state index in [4.69, 9.17) is 9.05 Å². The molecule has 2 aromatic heterocycles. The molecule has 2 aromatic carbocycles. The summed E-state index contributed by atoms with van der Waals surface area (Å²) in [6.45, 7) is 1.93. The summed E-state index contributed by atoms with van der Waals surface area (Å²) in [5.41, 5.74) is 2.04. The van der Waals surface area contributed by atoms with Crippen LogP contribution >= 0.6 is 0 Å². The molecule has 0 saturated heterocycles. The monoisotopic (exact) mass is 396 g/mol. The van der Waals surface area contributed by atoms with E-state index in [0.717, 1.165) is 5.56 Å². The SMILES string of the molecule is Cc1ccc(NS(=O)(=O)c2cccc(-c3nc(Cc4ccno4)no3)c2)cc1. The number of anilines is 1. The van der Waals surface area contributed by atoms with Crippen molar-refractivity contribution in [2.24, 2.45) is 0 Å². The van der Waals surface area contributed by atoms with Crippen LogP contribution in [0.4, 0.5) is 5.69 Å². The summed E-state index contributed by atoms with van der Waals surface area (Å²) in [5.74, 6) is 1.24. The smallest absolute Gasteiger partial charge is 0.261 e. The van der Waals surface area contributed by atoms with Gasteiger partial charge in [0.2, 0.25) is 0 Å². The molecular formula is C19H16N4O4S. The van der Waals surface area contributed by atoms with Gasteiger partial charge in [-0.2, -0.15) is 4.98 Å². The van der Waals surface area contributed by atoms with Crippen LogP contribution in [0.5, 0.6) is 0 Å². The topological polar surface area (TPSA) is 111 Å². The van der Waals surface area contributed by atoms with Crippen LogP contribution in [0, 0.1) is 6.92 Å². The Hall–Kier alpha value is -3.46. The average Bonchev–Trinajstić information content (AvgIpc) is 3.36. The van der Waals surface area contributed by atoms with Crippen molar-refractivity contribution in [3.05, 3.63) is 77.9 Å². The molecule has 0 bridgehead atoms. The van der Waals surface area contributed by atoms with Crippen molar-refractivity contribution in [3.63, 3.8) is 0 Å². The largest absolute Gasteiger partial charge is 0.361 e. The van der Waals surface area contributed by atoms with E-state index in [0.29, 0.717) is 29.3 Å². The molecule has 2 heterocycles. The molecule has 28 heavy (non-hydrogen) atoms. The van der Waals surface area contributed by atoms with E-state index in [1.165, 1.54) is 18.3 Å². The van der Waals surface area contributed by atoms with Crippen molar-refractivity contribution in [3.8, 4) is 11.5 Å². The molecule has 0 atom stereocenters. The standard InChI is InChI=1S/C19H16N4O4S/c1-13-5-7-15(8-6-13)23-28(24,25)17-4-2-3-14(11-17)19-21-18(22-27-19)12-16-9-10-20-26-16/h2-11,23H,12H2,1H3. The lowest BCUT2D eigenvalue weighted by atomic mass is 10.2. The molecule has 0 radical (unpaired) electrons. The third kappa shape index (κ3) is 3.94. The van der Waals surface area contributed by atoms with E-state index in [2.05, 4.69) is 20.0 Å². The number of nitrogens with one attached hydrogen (secondary N) is 1. The molecule has 1 N–H and O–H groups in total. The van der Waals surface area contributed by atoms with E-state index < -0.39 is 10.0 Å². The Labute approximate surface area is 161 Å². The zero-order chi connectivity index (χ0) is 19.6. The Bertz CT molecular complexity index is 1180. The fourth-order valence-corrected chi connectivity index (χ4v) is 3.67. The molecule has 0 amide bonds. The quantitative estimate of drug-likeness (QED) is 0.531. The fourth-order valence-electron chi connectivity index (χ4n) is 2.56. The van der Waals surface area contributed by atoms with E-state index >= 15 is 0 Å². The average molecular weight is 396 g/mol. The van der Waals surface area contributed by atoms with Crippen LogP contribution in [-0.2, 0) is 16.4 Å². The van der Waals surface area contributed by atoms with Gasteiger partial charge >= 0.3 is 0 Å². The van der Waals surface area contributed by atoms with Gasteiger partial charge in [-0.1, -0.05) is 34.1 Å². The first-order valence-corrected chi connectivity index (χ1v) is 9.90. The molecule has 0 aliphatic rings. The molecule has 4 aromatic rings. The van der Waals surface area contributed by atoms with Gasteiger partial charge in [0.1, 0.15) is 5.76 Å². The molecule has 0 unspecified atom stereocenters. The second kappa shape index (κ2) is 7.28. The van der Waals surface area contributed by atoms with E-state index in [-0.39, 0.29) is 10.8 Å². The third-order valence-electron chi connectivity index (χ3n) is 3.99. The first-order valence-electron chi connectivity index (χ1n) is 8.42. The zero-order valence-corrected chi connectivity index (χ0v) is 15.7. The second-order valence-electron chi connectivity index (χ2n) is 6.17. The number of aryl methyl sites for hydroxylation is 1. The molecule has 9 heteroatoms. The van der Waals surface area contributed by atoms with Gasteiger partial charge in [0, 0.05) is 17.3 Å². The number of hydrogen-bond donors (Lipinski definition) is 1. The van der Waals surface area contributed by atoms with Crippen molar-refractivity contribution in [2.75, 3.05) is 4.72 Å². The van der Waals surface area contributed by atoms with Gasteiger partial charge in [0.05, 0.1) is 17.5 Å². The van der Waals surface area contributed by atoms with Gasteiger partial charge in [-0.15, -0.1) is 0 Å². The van der Waals surface area contributed by atoms with Gasteiger partial charge in [-0.3, -0.25) is 4.72 Å². The molecular weight excluding hydrogens is 380 g/mol. The highest BCUT2D eigenvalue weighted by molar-refractivity contribution is 7.92. The third-order valence-corrected chi connectivity index (χ3v) is 5.37. The lowest BCUT2D eigenvalue weighted by Gasteiger charge is -2.09. The van der Waals surface area contributed by atoms with Crippen molar-refractivity contribution in [2.45, 2.75) is 18.2 Å². The van der Waals surface area contributed by atoms with Gasteiger partial charge in [-0.25, -0.2) is 8.42 Å². The highest BCUT2D eigenvalue weighted by atomic mass is 32.2. The maximum absolute atomic E-state index is 12.7. The second-order valence-corrected chi connectivity index (χ2v) is 7.85. The van der Waals surface area contributed by atoms with Crippen molar-refractivity contribution < 1.29 is 17.5 Å². The van der Waals surface area contributed by atoms with Crippen LogP contribution in [0.15, 0.2) is 74.7 Å². The van der Waals surface area contributed by atoms with Crippen LogP contribution in [0.25, 0.3) is 11.5 Å². The molecule has 0 fully saturated rings. The minimum atomic E-state index is -3.75. The molecule has 4 rings (SSSR count). The normalized spacial score (nSPS) is 11.5. The fraction of sp³-hybridized carbons (Fsp3) is 0.105. The molecule has 0 aliphatic heterocycles. The Morgan fingerprint density at radius 3 is 2.61 bits per heavy atom. The predicted molar refractivity (Wildman–Crippen MR) is 101 cm³/mol. The van der Waals surface area contributed by atoms with Gasteiger partial charge < -0.3 is 9.05 Å². The summed E-state index contributed by atoms with van der Waals surface area (Å²) in [5, 5.41) is 7.52. The highest BCUT2D eigenvalue weighted by Gasteiger charge is 2.17. The lowest BCUT2D eigenvalue weighted by Crippen LogP contribution is -2.12. The van der Waals surface area contributed by atoms with Crippen LogP contribution in [-0.4, -0.2) is 23.7 Å². The summed E-state index contributed by atoms with van der Waals surface area (Å²) in [6.07, 6.45) is 1.86. The first kappa shape index (κ1) is 17.9. The van der Waals surface area contributed by atoms with E-state index in [1.807, 2.05) is 19.1 Å². The number of rotatable bonds is 6. The number of benzene rings is 2. The Morgan fingerprint density at radius 2 is 1.86 bits per heavy atom. The van der Waals surface area contributed by atoms with Gasteiger partial charge in [0.15, 0.2) is 5.82 Å². The number of nitrogens with zero attached hydrogens (tertiary/aromatic N) is 3. The number of sulfonamides is 1. The van der Waals surface area contributed by atoms with Crippen LogP contribution < -0.4 is 4.72 Å². The Balaban J connectivity index is 1.57. The summed E-state index contributed by atoms with van der Waals surface area (Å²) < 4.78 is 38.2. The summed E-state index contributed by atoms with van der Waals surface area (Å²) in [6, 6.07) is 15.1. The van der Waals surface area contributed by atoms with Crippen molar-refractivity contribution >= 4 is 15.7 Å². The van der Waals surface area contributed by atoms with Gasteiger partial charge in [-0.05, 0) is 37.3 Å². The zero-order valence-electron chi connectivity index (χ0n) is 14.9. The van der Waals surface area contributed by atoms with E-state index in [9.17, 15) is 8.42 Å². The number of aromatic nitrogens is 3. The first-order chi connectivity index (χ1) is 13.5. The van der Waals surface area contributed by atoms with E-state index in [1.54, 1.807) is 30.3 Å². The summed E-state index contributed by atoms with van der Waals surface area (Å²) >= 11 is 0. The molecule has 142 valence electrons. The minimum Gasteiger partial charge on any atom is -0.361 e. The maximum atomic E-state index is 12.7. The summed E-state index contributed by atoms with van der Waals surface area (Å²) in [7, 11) is -3.75. The molecule has 0 spiro atoms. The maximum Gasteiger partial charge on any atom is 0.261 e. The highest BCUT2D eigenvalue weighted by Crippen LogP contribution is 2.23. The van der Waals surface area contributed by atoms with Crippen molar-refractivity contribution in [1.29, 1.82) is 0 Å². The molecule has 0 saturated carbocycles. The van der Waals surface area contributed by atoms with Crippen molar-refractivity contribution in [1.82, 2.24) is 15.3 Å². The van der Waals surface area contributed by atoms with Crippen LogP contribution in [0.1, 0.15) is 17.1 Å². The Morgan fingerprint density at radius 1 is 1.04 bits per heavy atom. The summed E-state index contributed by atoms with van der Waals surface area (Å²) in [4.78, 5) is 4.39. The number of hydrogen-bond acceptors (Lipinski definition) is 7. The van der Waals surface area contributed by atoms with Crippen LogP contribution in [0.3, 0.4) is 0 Å². The Kier molecular flexibility index (Phi) is 4.66. The predicted octanol–water partition coefficient (Wildman–Crippen LogP) is 3.42. The minimum absolute atomic E-state index is 0.0977. The molecule has 8 nitrogen and oxygen atoms in total. The van der Waals surface area contributed by atoms with Gasteiger partial charge in [0.25, 0.3) is 15.9 Å². The molecule has 0 aliphatic carbocycles.